The first kappa shape index (κ1) is 30.3. The van der Waals surface area contributed by atoms with Crippen LogP contribution in [0.3, 0.4) is 0 Å². The molecule has 1 aromatic rings. The van der Waals surface area contributed by atoms with Crippen LogP contribution in [0, 0.1) is 5.92 Å². The van der Waals surface area contributed by atoms with Crippen molar-refractivity contribution >= 4 is 17.4 Å². The highest BCUT2D eigenvalue weighted by Gasteiger charge is 2.13. The summed E-state index contributed by atoms with van der Waals surface area (Å²) in [4.78, 5) is 27.6. The van der Waals surface area contributed by atoms with Crippen molar-refractivity contribution in [1.29, 1.82) is 0 Å². The van der Waals surface area contributed by atoms with E-state index in [0.717, 1.165) is 26.2 Å². The lowest BCUT2D eigenvalue weighted by molar-refractivity contribution is -0.127. The number of carbonyl (C=O) groups excluding carboxylic acids is 2. The van der Waals surface area contributed by atoms with Gasteiger partial charge in [0.15, 0.2) is 0 Å². The summed E-state index contributed by atoms with van der Waals surface area (Å²) in [6.07, 6.45) is 12.9. The molecule has 194 valence electrons. The van der Waals surface area contributed by atoms with Crippen molar-refractivity contribution in [3.63, 3.8) is 0 Å². The van der Waals surface area contributed by atoms with Crippen molar-refractivity contribution in [2.45, 2.75) is 60.4 Å². The Morgan fingerprint density at radius 1 is 0.943 bits per heavy atom. The van der Waals surface area contributed by atoms with E-state index in [9.17, 15) is 9.59 Å². The van der Waals surface area contributed by atoms with E-state index < -0.39 is 0 Å². The maximum absolute atomic E-state index is 11.8. The minimum absolute atomic E-state index is 0.180. The average Bonchev–Trinajstić information content (AvgIpc) is 3.25. The number of nitrogens with one attached hydrogen (secondary N) is 2. The molecule has 6 heteroatoms. The second kappa shape index (κ2) is 17.7. The quantitative estimate of drug-likeness (QED) is 0.563. The van der Waals surface area contributed by atoms with Crippen LogP contribution >= 0.6 is 0 Å². The standard InChI is InChI=1S/C25H34N4O2.2C2H6/c1-20(30)26-27-25(31)14-10-21-5-3-6-23(11-7-21)24-12-8-22(9-13-24)19-29-16-4-15-28(2)17-18-29;2*1-2/h3,5-9,11-13,21H,4,10,14-19H2,1-2H3,(H,26,30)(H,27,31);2*1-2H3. The molecule has 1 fully saturated rings. The molecule has 1 saturated heterocycles. The van der Waals surface area contributed by atoms with Gasteiger partial charge in [0.2, 0.25) is 11.8 Å². The predicted molar refractivity (Wildman–Crippen MR) is 147 cm³/mol. The topological polar surface area (TPSA) is 64.7 Å². The Labute approximate surface area is 213 Å². The van der Waals surface area contributed by atoms with E-state index in [2.05, 4.69) is 82.3 Å². The molecule has 2 N–H and O–H groups in total. The van der Waals surface area contributed by atoms with E-state index >= 15 is 0 Å². The third-order valence-corrected chi connectivity index (χ3v) is 5.75. The number of hydrogen-bond acceptors (Lipinski definition) is 4. The predicted octanol–water partition coefficient (Wildman–Crippen LogP) is 4.95. The molecule has 0 aromatic heterocycles. The maximum atomic E-state index is 11.8. The molecule has 0 saturated carbocycles. The van der Waals surface area contributed by atoms with Crippen molar-refractivity contribution in [2.75, 3.05) is 33.2 Å². The van der Waals surface area contributed by atoms with Crippen LogP contribution in [0.4, 0.5) is 0 Å². The highest BCUT2D eigenvalue weighted by Crippen LogP contribution is 2.23. The van der Waals surface area contributed by atoms with E-state index in [-0.39, 0.29) is 17.7 Å². The highest BCUT2D eigenvalue weighted by atomic mass is 16.2. The van der Waals surface area contributed by atoms with Gasteiger partial charge in [0.05, 0.1) is 0 Å². The summed E-state index contributed by atoms with van der Waals surface area (Å²) in [6.45, 7) is 15.0. The van der Waals surface area contributed by atoms with Gasteiger partial charge >= 0.3 is 0 Å². The summed E-state index contributed by atoms with van der Waals surface area (Å²) in [7, 11) is 2.20. The zero-order valence-electron chi connectivity index (χ0n) is 22.6. The van der Waals surface area contributed by atoms with Crippen LogP contribution in [0.2, 0.25) is 0 Å². The number of benzene rings is 1. The van der Waals surface area contributed by atoms with Crippen LogP contribution in [0.1, 0.15) is 65.0 Å². The molecule has 0 spiro atoms. The molecule has 35 heavy (non-hydrogen) atoms. The normalized spacial score (nSPS) is 18.0. The van der Waals surface area contributed by atoms with Crippen LogP contribution in [-0.2, 0) is 16.1 Å². The third-order valence-electron chi connectivity index (χ3n) is 5.75. The lowest BCUT2D eigenvalue weighted by atomic mass is 10.0. The van der Waals surface area contributed by atoms with E-state index in [4.69, 9.17) is 0 Å². The molecule has 2 amide bonds. The number of nitrogens with zero attached hydrogens (tertiary/aromatic N) is 2. The van der Waals surface area contributed by atoms with Crippen LogP contribution in [0.15, 0.2) is 54.6 Å². The molecule has 1 heterocycles. The monoisotopic (exact) mass is 482 g/mol. The number of allylic oxidation sites excluding steroid dienone is 6. The zero-order chi connectivity index (χ0) is 26.1. The van der Waals surface area contributed by atoms with E-state index in [1.165, 1.54) is 36.6 Å². The summed E-state index contributed by atoms with van der Waals surface area (Å²) >= 11 is 0. The van der Waals surface area contributed by atoms with Crippen LogP contribution in [-0.4, -0.2) is 54.8 Å². The first-order chi connectivity index (χ1) is 17.0. The van der Waals surface area contributed by atoms with Gasteiger partial charge in [-0.2, -0.15) is 0 Å². The van der Waals surface area contributed by atoms with Crippen molar-refractivity contribution in [1.82, 2.24) is 20.7 Å². The maximum Gasteiger partial charge on any atom is 0.238 e. The molecule has 6 nitrogen and oxygen atoms in total. The fraction of sp³-hybridized carbons (Fsp3) is 0.517. The van der Waals surface area contributed by atoms with Gasteiger partial charge in [-0.15, -0.1) is 0 Å². The Hall–Kier alpha value is -2.70. The van der Waals surface area contributed by atoms with Gasteiger partial charge in [0.1, 0.15) is 0 Å². The first-order valence-electron chi connectivity index (χ1n) is 13.1. The summed E-state index contributed by atoms with van der Waals surface area (Å²) < 4.78 is 0. The first-order valence-corrected chi connectivity index (χ1v) is 13.1. The molecule has 2 aliphatic rings. The van der Waals surface area contributed by atoms with Gasteiger partial charge < -0.3 is 4.90 Å². The van der Waals surface area contributed by atoms with Crippen molar-refractivity contribution in [2.24, 2.45) is 5.92 Å². The number of amides is 2. The van der Waals surface area contributed by atoms with Crippen LogP contribution in [0.25, 0.3) is 5.57 Å². The number of carbonyl (C=O) groups is 2. The van der Waals surface area contributed by atoms with Crippen molar-refractivity contribution in [3.05, 3.63) is 65.8 Å². The molecule has 1 aromatic carbocycles. The van der Waals surface area contributed by atoms with Gasteiger partial charge in [0.25, 0.3) is 0 Å². The average molecular weight is 483 g/mol. The van der Waals surface area contributed by atoms with E-state index in [0.29, 0.717) is 12.8 Å². The second-order valence-electron chi connectivity index (χ2n) is 8.43. The Bertz CT molecular complexity index is 843. The van der Waals surface area contributed by atoms with Gasteiger partial charge in [-0.3, -0.25) is 25.3 Å². The second-order valence-corrected chi connectivity index (χ2v) is 8.43. The van der Waals surface area contributed by atoms with Crippen LogP contribution < -0.4 is 10.9 Å². The molecular formula is C29H46N4O2. The fourth-order valence-electron chi connectivity index (χ4n) is 3.87. The van der Waals surface area contributed by atoms with Gasteiger partial charge in [-0.25, -0.2) is 0 Å². The molecule has 3 rings (SSSR count). The summed E-state index contributed by atoms with van der Waals surface area (Å²) in [6, 6.07) is 8.86. The van der Waals surface area contributed by atoms with Gasteiger partial charge in [-0.05, 0) is 55.6 Å². The number of rotatable bonds is 6. The smallest absolute Gasteiger partial charge is 0.238 e. The van der Waals surface area contributed by atoms with E-state index in [1.807, 2.05) is 27.7 Å². The minimum atomic E-state index is -0.276. The lowest BCUT2D eigenvalue weighted by Crippen LogP contribution is -2.40. The Kier molecular flexibility index (Phi) is 15.3. The Morgan fingerprint density at radius 3 is 2.34 bits per heavy atom. The van der Waals surface area contributed by atoms with Gasteiger partial charge in [0, 0.05) is 33.0 Å². The molecule has 1 unspecified atom stereocenters. The summed E-state index contributed by atoms with van der Waals surface area (Å²) in [5, 5.41) is 0. The van der Waals surface area contributed by atoms with Crippen molar-refractivity contribution < 1.29 is 9.59 Å². The zero-order valence-corrected chi connectivity index (χ0v) is 22.6. The molecular weight excluding hydrogens is 436 g/mol. The summed E-state index contributed by atoms with van der Waals surface area (Å²) in [5.41, 5.74) is 8.45. The molecule has 1 aliphatic carbocycles. The largest absolute Gasteiger partial charge is 0.305 e. The molecule has 0 radical (unpaired) electrons. The third kappa shape index (κ3) is 12.0. The molecule has 0 bridgehead atoms. The van der Waals surface area contributed by atoms with Gasteiger partial charge in [-0.1, -0.05) is 82.3 Å². The van der Waals surface area contributed by atoms with E-state index in [1.54, 1.807) is 0 Å². The Balaban J connectivity index is 0.00000145. The van der Waals surface area contributed by atoms with Crippen LogP contribution in [0.5, 0.6) is 0 Å². The highest BCUT2D eigenvalue weighted by molar-refractivity contribution is 5.80. The fourth-order valence-corrected chi connectivity index (χ4v) is 3.87. The summed E-state index contributed by atoms with van der Waals surface area (Å²) in [5.74, 6) is -0.264. The number of hydrogen-bond donors (Lipinski definition) is 2. The minimum Gasteiger partial charge on any atom is -0.305 e. The number of likely N-dealkylation sites (N-methyl/N-ethyl adjacent to an activating group) is 1. The molecule has 1 aliphatic heterocycles. The van der Waals surface area contributed by atoms with Crippen molar-refractivity contribution in [3.8, 4) is 0 Å². The number of hydrazine groups is 1. The molecule has 1 atom stereocenters. The lowest BCUT2D eigenvalue weighted by Gasteiger charge is -2.20. The SMILES string of the molecule is CC.CC.CC(=O)NNC(=O)CCC1C=CC=C(c2ccc(CN3CCCN(C)CC3)cc2)C=C1. The Morgan fingerprint density at radius 2 is 1.66 bits per heavy atom.